The Morgan fingerprint density at radius 3 is 2.28 bits per heavy atom. The number of amides is 2. The predicted octanol–water partition coefficient (Wildman–Crippen LogP) is 6.75. The number of nitrogens with zero attached hydrogens (tertiary/aromatic N) is 2. The van der Waals surface area contributed by atoms with Gasteiger partial charge in [-0.2, -0.15) is 5.26 Å². The van der Waals surface area contributed by atoms with E-state index in [0.717, 1.165) is 29.7 Å². The minimum atomic E-state index is -0.527. The molecule has 9 heteroatoms. The number of nitriles is 1. The minimum Gasteiger partial charge on any atom is -0.490 e. The van der Waals surface area contributed by atoms with Crippen LogP contribution in [0.2, 0.25) is 0 Å². The Morgan fingerprint density at radius 2 is 1.70 bits per heavy atom. The first kappa shape index (κ1) is 36.2. The van der Waals surface area contributed by atoms with Gasteiger partial charge in [-0.15, -0.1) is 0 Å². The van der Waals surface area contributed by atoms with Crippen molar-refractivity contribution in [1.29, 1.82) is 5.26 Å². The highest BCUT2D eigenvalue weighted by molar-refractivity contribution is 5.95. The van der Waals surface area contributed by atoms with Gasteiger partial charge in [-0.1, -0.05) is 45.0 Å². The van der Waals surface area contributed by atoms with Gasteiger partial charge in [0.1, 0.15) is 17.4 Å². The molecule has 0 saturated carbocycles. The number of ether oxygens (including phenoxy) is 2. The van der Waals surface area contributed by atoms with Crippen molar-refractivity contribution >= 4 is 12.0 Å². The average Bonchev–Trinajstić information content (AvgIpc) is 3.40. The van der Waals surface area contributed by atoms with Gasteiger partial charge in [0.05, 0.1) is 11.7 Å². The van der Waals surface area contributed by atoms with E-state index in [4.69, 9.17) is 9.47 Å². The van der Waals surface area contributed by atoms with Crippen molar-refractivity contribution in [3.05, 3.63) is 77.1 Å². The Morgan fingerprint density at radius 1 is 1.00 bits per heavy atom. The Balaban J connectivity index is 1.68. The second-order valence-electron chi connectivity index (χ2n) is 13.9. The third-order valence-electron chi connectivity index (χ3n) is 7.22. The van der Waals surface area contributed by atoms with Crippen LogP contribution in [0.5, 0.6) is 5.75 Å². The molecular weight excluding hydrogens is 580 g/mol. The molecule has 0 aliphatic carbocycles. The lowest BCUT2D eigenvalue weighted by Crippen LogP contribution is -2.37. The fourth-order valence-corrected chi connectivity index (χ4v) is 5.13. The monoisotopic (exact) mass is 630 g/mol. The zero-order valence-corrected chi connectivity index (χ0v) is 28.6. The van der Waals surface area contributed by atoms with Crippen molar-refractivity contribution in [3.63, 3.8) is 0 Å². The van der Waals surface area contributed by atoms with E-state index >= 15 is 0 Å². The number of nitrogens with one attached hydrogen (secondary N) is 2. The number of rotatable bonds is 13. The van der Waals surface area contributed by atoms with Gasteiger partial charge >= 0.3 is 6.09 Å². The molecule has 1 atom stereocenters. The van der Waals surface area contributed by atoms with E-state index in [2.05, 4.69) is 78.6 Å². The second kappa shape index (κ2) is 15.8. The third kappa shape index (κ3) is 11.0. The molecule has 1 heterocycles. The number of alkyl carbamates (subject to hydrolysis) is 1. The smallest absolute Gasteiger partial charge is 0.407 e. The van der Waals surface area contributed by atoms with Gasteiger partial charge in [-0.3, -0.25) is 4.79 Å². The average molecular weight is 631 g/mol. The molecule has 0 aliphatic rings. The number of aliphatic hydroxyl groups is 1. The van der Waals surface area contributed by atoms with Crippen molar-refractivity contribution in [1.82, 2.24) is 15.2 Å². The van der Waals surface area contributed by atoms with E-state index in [0.29, 0.717) is 36.3 Å². The van der Waals surface area contributed by atoms with E-state index < -0.39 is 11.7 Å². The topological polar surface area (TPSA) is 126 Å². The van der Waals surface area contributed by atoms with Crippen LogP contribution in [0.25, 0.3) is 11.1 Å². The van der Waals surface area contributed by atoms with Gasteiger partial charge in [0.15, 0.2) is 0 Å². The van der Waals surface area contributed by atoms with E-state index in [1.807, 2.05) is 34.6 Å². The quantitative estimate of drug-likeness (QED) is 0.180. The summed E-state index contributed by atoms with van der Waals surface area (Å²) in [5, 5.41) is 25.1. The summed E-state index contributed by atoms with van der Waals surface area (Å²) in [4.78, 5) is 25.1. The normalized spacial score (nSPS) is 12.4. The first-order chi connectivity index (χ1) is 21.6. The number of aryl methyl sites for hydroxylation is 1. The Kier molecular flexibility index (Phi) is 12.4. The van der Waals surface area contributed by atoms with Gasteiger partial charge in [0.2, 0.25) is 0 Å². The Labute approximate surface area is 273 Å². The van der Waals surface area contributed by atoms with Gasteiger partial charge in [-0.05, 0) is 94.8 Å². The van der Waals surface area contributed by atoms with E-state index in [1.165, 1.54) is 11.8 Å². The first-order valence-electron chi connectivity index (χ1n) is 16.0. The number of hydrogen-bond donors (Lipinski definition) is 3. The molecule has 0 unspecified atom stereocenters. The molecule has 0 radical (unpaired) electrons. The van der Waals surface area contributed by atoms with E-state index in [1.54, 1.807) is 12.1 Å². The standard InChI is InChI=1S/C37H50N4O5/c1-25(2)45-32-15-14-28(21-29(32)23-38)34(43)40-31(16-19-42)20-26-10-12-27(13-11-26)30-22-33(36(3,4)5)41(24-30)18-9-17-39-35(44)46-37(6,7)8/h10-15,21-22,24-25,31,42H,9,16-20H2,1-8H3,(H,39,44)(H,40,43)/t31-/m1/s1. The number of hydrogen-bond acceptors (Lipinski definition) is 6. The second-order valence-corrected chi connectivity index (χ2v) is 13.9. The molecule has 3 rings (SSSR count). The summed E-state index contributed by atoms with van der Waals surface area (Å²) in [5.74, 6) is 0.140. The van der Waals surface area contributed by atoms with Crippen molar-refractivity contribution < 1.29 is 24.2 Å². The van der Waals surface area contributed by atoms with Crippen LogP contribution in [0.1, 0.15) is 95.4 Å². The number of carbonyl (C=O) groups excluding carboxylic acids is 2. The summed E-state index contributed by atoms with van der Waals surface area (Å²) in [6.07, 6.45) is 3.37. The fourth-order valence-electron chi connectivity index (χ4n) is 5.13. The van der Waals surface area contributed by atoms with Gasteiger partial charge in [-0.25, -0.2) is 4.79 Å². The lowest BCUT2D eigenvalue weighted by Gasteiger charge is -2.22. The van der Waals surface area contributed by atoms with Crippen molar-refractivity contribution in [2.45, 2.75) is 104 Å². The molecular formula is C37H50N4O5. The van der Waals surface area contributed by atoms with Crippen LogP contribution in [0, 0.1) is 11.3 Å². The zero-order valence-electron chi connectivity index (χ0n) is 28.6. The highest BCUT2D eigenvalue weighted by Crippen LogP contribution is 2.30. The molecule has 0 bridgehead atoms. The summed E-state index contributed by atoms with van der Waals surface area (Å²) in [7, 11) is 0. The highest BCUT2D eigenvalue weighted by Gasteiger charge is 2.21. The molecule has 9 nitrogen and oxygen atoms in total. The molecule has 0 fully saturated rings. The van der Waals surface area contributed by atoms with Crippen LogP contribution < -0.4 is 15.4 Å². The van der Waals surface area contributed by atoms with E-state index in [9.17, 15) is 20.0 Å². The Bertz CT molecular complexity index is 1500. The molecule has 2 aromatic carbocycles. The highest BCUT2D eigenvalue weighted by atomic mass is 16.6. The van der Waals surface area contributed by atoms with Crippen LogP contribution in [-0.4, -0.2) is 52.6 Å². The molecule has 3 aromatic rings. The number of aromatic nitrogens is 1. The molecule has 1 aromatic heterocycles. The van der Waals surface area contributed by atoms with Crippen LogP contribution in [0.4, 0.5) is 4.79 Å². The number of carbonyl (C=O) groups is 2. The minimum absolute atomic E-state index is 0.0654. The zero-order chi connectivity index (χ0) is 34.1. The fraction of sp³-hybridized carbons (Fsp3) is 0.486. The molecule has 0 spiro atoms. The molecule has 2 amide bonds. The molecule has 248 valence electrons. The molecule has 0 aliphatic heterocycles. The van der Waals surface area contributed by atoms with E-state index in [-0.39, 0.29) is 30.1 Å². The van der Waals surface area contributed by atoms with Gasteiger partial charge in [0, 0.05) is 48.6 Å². The van der Waals surface area contributed by atoms with Gasteiger partial charge < -0.3 is 29.8 Å². The van der Waals surface area contributed by atoms with Crippen molar-refractivity contribution in [3.8, 4) is 22.9 Å². The number of benzene rings is 2. The third-order valence-corrected chi connectivity index (χ3v) is 7.22. The largest absolute Gasteiger partial charge is 0.490 e. The maximum absolute atomic E-state index is 13.1. The summed E-state index contributed by atoms with van der Waals surface area (Å²) in [5.41, 5.74) is 4.50. The number of aliphatic hydroxyl groups excluding tert-OH is 1. The lowest BCUT2D eigenvalue weighted by atomic mass is 9.91. The lowest BCUT2D eigenvalue weighted by molar-refractivity contribution is 0.0526. The molecule has 0 saturated heterocycles. The summed E-state index contributed by atoms with van der Waals surface area (Å²) < 4.78 is 13.3. The maximum atomic E-state index is 13.1. The summed E-state index contributed by atoms with van der Waals surface area (Å²) >= 11 is 0. The van der Waals surface area contributed by atoms with Crippen LogP contribution in [0.3, 0.4) is 0 Å². The Hall–Kier alpha value is -4.29. The van der Waals surface area contributed by atoms with Gasteiger partial charge in [0.25, 0.3) is 5.91 Å². The van der Waals surface area contributed by atoms with Crippen molar-refractivity contribution in [2.24, 2.45) is 0 Å². The molecule has 3 N–H and O–H groups in total. The first-order valence-corrected chi connectivity index (χ1v) is 16.0. The predicted molar refractivity (Wildman–Crippen MR) is 181 cm³/mol. The summed E-state index contributed by atoms with van der Waals surface area (Å²) in [6, 6.07) is 17.1. The van der Waals surface area contributed by atoms with Crippen LogP contribution in [-0.2, 0) is 23.1 Å². The maximum Gasteiger partial charge on any atom is 0.407 e. The molecule has 46 heavy (non-hydrogen) atoms. The van der Waals surface area contributed by atoms with Crippen LogP contribution in [0.15, 0.2) is 54.7 Å². The SMILES string of the molecule is CC(C)Oc1ccc(C(=O)N[C@H](CCO)Cc2ccc(-c3cc(C(C)(C)C)n(CCCNC(=O)OC(C)(C)C)c3)cc2)cc1C#N. The van der Waals surface area contributed by atoms with Crippen LogP contribution >= 0.6 is 0 Å². The summed E-state index contributed by atoms with van der Waals surface area (Å²) in [6.45, 7) is 17.1. The van der Waals surface area contributed by atoms with Crippen molar-refractivity contribution in [2.75, 3.05) is 13.2 Å².